The van der Waals surface area contributed by atoms with Gasteiger partial charge in [0.05, 0.1) is 0 Å². The normalized spacial score (nSPS) is 17.1. The third-order valence-corrected chi connectivity index (χ3v) is 3.64. The Bertz CT molecular complexity index is 393. The van der Waals surface area contributed by atoms with E-state index in [9.17, 15) is 8.78 Å². The van der Waals surface area contributed by atoms with Crippen molar-refractivity contribution in [2.45, 2.75) is 51.0 Å². The summed E-state index contributed by atoms with van der Waals surface area (Å²) in [4.78, 5) is 7.58. The smallest absolute Gasteiger partial charge is 0.283 e. The van der Waals surface area contributed by atoms with E-state index in [2.05, 4.69) is 20.6 Å². The van der Waals surface area contributed by atoms with Crippen molar-refractivity contribution in [1.29, 1.82) is 0 Å². The van der Waals surface area contributed by atoms with Crippen LogP contribution in [0.25, 0.3) is 0 Å². The van der Waals surface area contributed by atoms with Crippen LogP contribution < -0.4 is 10.6 Å². The highest BCUT2D eigenvalue weighted by Crippen LogP contribution is 2.22. The fraction of sp³-hybridized carbons (Fsp3) is 0.714. The van der Waals surface area contributed by atoms with Gasteiger partial charge in [-0.15, -0.1) is 0 Å². The molecule has 0 unspecified atom stereocenters. The van der Waals surface area contributed by atoms with Crippen LogP contribution >= 0.6 is 0 Å². The lowest BCUT2D eigenvalue weighted by atomic mass is 10.1. The van der Waals surface area contributed by atoms with Gasteiger partial charge >= 0.3 is 0 Å². The van der Waals surface area contributed by atoms with Crippen molar-refractivity contribution in [3.05, 3.63) is 18.1 Å². The van der Waals surface area contributed by atoms with Gasteiger partial charge in [-0.2, -0.15) is 0 Å². The number of hydrogen-bond acceptors (Lipinski definition) is 4. The average molecular weight is 284 g/mol. The van der Waals surface area contributed by atoms with Crippen molar-refractivity contribution < 1.29 is 8.78 Å². The summed E-state index contributed by atoms with van der Waals surface area (Å²) in [5.41, 5.74) is -0.276. The van der Waals surface area contributed by atoms with Crippen LogP contribution in [0.3, 0.4) is 0 Å². The minimum absolute atomic E-state index is 0.185. The van der Waals surface area contributed by atoms with E-state index in [4.69, 9.17) is 0 Å². The molecule has 4 nitrogen and oxygen atoms in total. The van der Waals surface area contributed by atoms with Crippen molar-refractivity contribution >= 4 is 5.82 Å². The number of rotatable bonds is 6. The summed E-state index contributed by atoms with van der Waals surface area (Å²) in [6, 6.07) is 0.565. The first kappa shape index (κ1) is 15.1. The summed E-state index contributed by atoms with van der Waals surface area (Å²) in [7, 11) is 0. The van der Waals surface area contributed by atoms with Crippen LogP contribution in [0.15, 0.2) is 12.4 Å². The van der Waals surface area contributed by atoms with Gasteiger partial charge in [0, 0.05) is 31.5 Å². The number of alkyl halides is 2. The molecule has 1 saturated carbocycles. The van der Waals surface area contributed by atoms with Gasteiger partial charge in [-0.25, -0.2) is 18.7 Å². The molecule has 112 valence electrons. The predicted octanol–water partition coefficient (Wildman–Crippen LogP) is 3.14. The summed E-state index contributed by atoms with van der Waals surface area (Å²) in [5, 5.41) is 6.42. The maximum absolute atomic E-state index is 12.7. The van der Waals surface area contributed by atoms with Crippen LogP contribution in [0, 0.1) is 0 Å². The van der Waals surface area contributed by atoms with Gasteiger partial charge < -0.3 is 10.6 Å². The fourth-order valence-electron chi connectivity index (χ4n) is 2.59. The Labute approximate surface area is 118 Å². The Balaban J connectivity index is 1.73. The lowest BCUT2D eigenvalue weighted by molar-refractivity contribution is 0.146. The molecule has 0 radical (unpaired) electrons. The van der Waals surface area contributed by atoms with E-state index >= 15 is 0 Å². The van der Waals surface area contributed by atoms with E-state index in [0.29, 0.717) is 12.6 Å². The first-order valence-corrected chi connectivity index (χ1v) is 7.33. The lowest BCUT2D eigenvalue weighted by Gasteiger charge is -2.16. The fourth-order valence-corrected chi connectivity index (χ4v) is 2.59. The van der Waals surface area contributed by atoms with E-state index in [1.165, 1.54) is 50.9 Å². The summed E-state index contributed by atoms with van der Waals surface area (Å²) in [5.74, 6) is 0.185. The molecule has 0 spiro atoms. The molecule has 0 atom stereocenters. The number of anilines is 1. The molecule has 2 rings (SSSR count). The zero-order chi connectivity index (χ0) is 14.2. The van der Waals surface area contributed by atoms with Crippen LogP contribution in [0.4, 0.5) is 14.6 Å². The van der Waals surface area contributed by atoms with E-state index in [1.54, 1.807) is 0 Å². The molecule has 20 heavy (non-hydrogen) atoms. The highest BCUT2D eigenvalue weighted by atomic mass is 19.3. The highest BCUT2D eigenvalue weighted by Gasteiger charge is 2.15. The summed E-state index contributed by atoms with van der Waals surface area (Å²) in [6.45, 7) is 1.33. The molecule has 0 aromatic carbocycles. The Morgan fingerprint density at radius 1 is 1.05 bits per heavy atom. The molecular formula is C14H22F2N4. The number of halogens is 2. The first-order chi connectivity index (χ1) is 9.77. The third-order valence-electron chi connectivity index (χ3n) is 3.64. The molecule has 1 aromatic heterocycles. The number of hydrogen-bond donors (Lipinski definition) is 2. The minimum Gasteiger partial charge on any atom is -0.367 e. The molecule has 1 fully saturated rings. The van der Waals surface area contributed by atoms with Crippen molar-refractivity contribution in [3.63, 3.8) is 0 Å². The summed E-state index contributed by atoms with van der Waals surface area (Å²) < 4.78 is 25.4. The molecule has 0 bridgehead atoms. The van der Waals surface area contributed by atoms with E-state index in [1.807, 2.05) is 0 Å². The lowest BCUT2D eigenvalue weighted by Crippen LogP contribution is -2.32. The zero-order valence-electron chi connectivity index (χ0n) is 11.6. The van der Waals surface area contributed by atoms with Gasteiger partial charge in [0.2, 0.25) is 0 Å². The van der Waals surface area contributed by atoms with Gasteiger partial charge in [-0.05, 0) is 12.8 Å². The second-order valence-corrected chi connectivity index (χ2v) is 5.16. The molecule has 1 aromatic rings. The van der Waals surface area contributed by atoms with Crippen molar-refractivity contribution in [3.8, 4) is 0 Å². The number of nitrogens with one attached hydrogen (secondary N) is 2. The molecule has 0 amide bonds. The SMILES string of the molecule is FC(F)c1nccnc1NCCNC1CCCCCC1. The molecule has 6 heteroatoms. The van der Waals surface area contributed by atoms with Gasteiger partial charge in [-0.3, -0.25) is 0 Å². The maximum atomic E-state index is 12.7. The van der Waals surface area contributed by atoms with Crippen molar-refractivity contribution in [1.82, 2.24) is 15.3 Å². The topological polar surface area (TPSA) is 49.8 Å². The maximum Gasteiger partial charge on any atom is 0.283 e. The second-order valence-electron chi connectivity index (χ2n) is 5.16. The van der Waals surface area contributed by atoms with Crippen molar-refractivity contribution in [2.24, 2.45) is 0 Å². The number of aromatic nitrogens is 2. The van der Waals surface area contributed by atoms with Gasteiger partial charge in [-0.1, -0.05) is 25.7 Å². The molecule has 0 saturated heterocycles. The van der Waals surface area contributed by atoms with Crippen LogP contribution in [0.1, 0.15) is 50.6 Å². The Hall–Kier alpha value is -1.30. The first-order valence-electron chi connectivity index (χ1n) is 7.33. The van der Waals surface area contributed by atoms with Crippen LogP contribution in [0.5, 0.6) is 0 Å². The standard InChI is InChI=1S/C14H22F2N4/c15-13(16)12-14(20-10-8-18-12)19-9-7-17-11-5-3-1-2-4-6-11/h8,10-11,13,17H,1-7,9H2,(H,19,20). The van der Waals surface area contributed by atoms with Gasteiger partial charge in [0.1, 0.15) is 5.69 Å². The molecule has 1 aliphatic rings. The molecular weight excluding hydrogens is 262 g/mol. The van der Waals surface area contributed by atoms with Crippen LogP contribution in [-0.4, -0.2) is 29.1 Å². The molecule has 0 aliphatic heterocycles. The predicted molar refractivity (Wildman–Crippen MR) is 75.0 cm³/mol. The van der Waals surface area contributed by atoms with Crippen molar-refractivity contribution in [2.75, 3.05) is 18.4 Å². The van der Waals surface area contributed by atoms with Gasteiger partial charge in [0.15, 0.2) is 5.82 Å². The molecule has 1 heterocycles. The van der Waals surface area contributed by atoms with Crippen LogP contribution in [-0.2, 0) is 0 Å². The average Bonchev–Trinajstić information content (AvgIpc) is 2.72. The highest BCUT2D eigenvalue weighted by molar-refractivity contribution is 5.39. The van der Waals surface area contributed by atoms with E-state index in [-0.39, 0.29) is 11.5 Å². The molecule has 2 N–H and O–H groups in total. The zero-order valence-corrected chi connectivity index (χ0v) is 11.6. The minimum atomic E-state index is -2.60. The monoisotopic (exact) mass is 284 g/mol. The quantitative estimate of drug-likeness (QED) is 0.622. The van der Waals surface area contributed by atoms with Gasteiger partial charge in [0.25, 0.3) is 6.43 Å². The Morgan fingerprint density at radius 3 is 2.45 bits per heavy atom. The van der Waals surface area contributed by atoms with E-state index < -0.39 is 6.43 Å². The van der Waals surface area contributed by atoms with Crippen LogP contribution in [0.2, 0.25) is 0 Å². The largest absolute Gasteiger partial charge is 0.367 e. The molecule has 1 aliphatic carbocycles. The van der Waals surface area contributed by atoms with E-state index in [0.717, 1.165) is 6.54 Å². The third kappa shape index (κ3) is 4.67. The summed E-state index contributed by atoms with van der Waals surface area (Å²) >= 11 is 0. The second kappa shape index (κ2) is 8.09. The summed E-state index contributed by atoms with van der Waals surface area (Å²) in [6.07, 6.45) is 7.77. The Morgan fingerprint density at radius 2 is 1.75 bits per heavy atom. The number of nitrogens with zero attached hydrogens (tertiary/aromatic N) is 2. The Kier molecular flexibility index (Phi) is 6.11.